The zero-order valence-electron chi connectivity index (χ0n) is 13.7. The Kier molecular flexibility index (Phi) is 5.37. The summed E-state index contributed by atoms with van der Waals surface area (Å²) in [5.41, 5.74) is 2.86. The van der Waals surface area contributed by atoms with E-state index in [1.165, 1.54) is 11.3 Å². The number of thiazole rings is 1. The summed E-state index contributed by atoms with van der Waals surface area (Å²) in [6.45, 7) is 4.57. The number of aromatic nitrogens is 2. The largest absolute Gasteiger partial charge is 0.346 e. The molecule has 124 valence electrons. The number of amides is 1. The van der Waals surface area contributed by atoms with Gasteiger partial charge in [0.25, 0.3) is 5.91 Å². The Morgan fingerprint density at radius 2 is 2.21 bits per heavy atom. The van der Waals surface area contributed by atoms with Gasteiger partial charge in [0, 0.05) is 22.3 Å². The predicted molar refractivity (Wildman–Crippen MR) is 99.6 cm³/mol. The number of rotatable bonds is 6. The van der Waals surface area contributed by atoms with Gasteiger partial charge in [-0.2, -0.15) is 0 Å². The minimum atomic E-state index is -0.0625. The van der Waals surface area contributed by atoms with E-state index < -0.39 is 0 Å². The second kappa shape index (κ2) is 7.68. The van der Waals surface area contributed by atoms with Gasteiger partial charge in [0.1, 0.15) is 9.88 Å². The predicted octanol–water partition coefficient (Wildman–Crippen LogP) is 4.46. The van der Waals surface area contributed by atoms with E-state index in [2.05, 4.69) is 28.3 Å². The van der Waals surface area contributed by atoms with Crippen molar-refractivity contribution in [2.45, 2.75) is 33.2 Å². The zero-order chi connectivity index (χ0) is 16.9. The Hall–Kier alpha value is -2.05. The monoisotopic (exact) mass is 357 g/mol. The molecule has 0 radical (unpaired) electrons. The van der Waals surface area contributed by atoms with Crippen molar-refractivity contribution in [3.8, 4) is 10.6 Å². The molecule has 0 saturated heterocycles. The van der Waals surface area contributed by atoms with Crippen molar-refractivity contribution in [2.24, 2.45) is 0 Å². The van der Waals surface area contributed by atoms with Crippen molar-refractivity contribution < 1.29 is 4.79 Å². The fourth-order valence-electron chi connectivity index (χ4n) is 2.40. The third kappa shape index (κ3) is 3.88. The number of thiophene rings is 1. The van der Waals surface area contributed by atoms with Gasteiger partial charge in [-0.1, -0.05) is 19.4 Å². The highest BCUT2D eigenvalue weighted by molar-refractivity contribution is 7.17. The Morgan fingerprint density at radius 3 is 2.96 bits per heavy atom. The molecule has 1 amide bonds. The molecule has 3 rings (SSSR count). The molecular weight excluding hydrogens is 338 g/mol. The molecule has 0 saturated carbocycles. The first kappa shape index (κ1) is 16.8. The van der Waals surface area contributed by atoms with Crippen LogP contribution in [0.3, 0.4) is 0 Å². The molecule has 0 unspecified atom stereocenters. The highest BCUT2D eigenvalue weighted by Crippen LogP contribution is 2.28. The van der Waals surface area contributed by atoms with Crippen molar-refractivity contribution in [3.63, 3.8) is 0 Å². The van der Waals surface area contributed by atoms with E-state index in [0.29, 0.717) is 11.4 Å². The molecule has 0 spiro atoms. The summed E-state index contributed by atoms with van der Waals surface area (Å²) < 4.78 is 0. The average molecular weight is 358 g/mol. The molecule has 0 aliphatic heterocycles. The number of carbonyl (C=O) groups excluding carboxylic acids is 1. The molecule has 6 heteroatoms. The average Bonchev–Trinajstić information content (AvgIpc) is 3.23. The first-order chi connectivity index (χ1) is 11.7. The lowest BCUT2D eigenvalue weighted by Crippen LogP contribution is -2.22. The maximum atomic E-state index is 12.4. The van der Waals surface area contributed by atoms with Crippen molar-refractivity contribution in [3.05, 3.63) is 57.0 Å². The van der Waals surface area contributed by atoms with E-state index in [9.17, 15) is 4.79 Å². The van der Waals surface area contributed by atoms with Crippen molar-refractivity contribution >= 4 is 28.6 Å². The third-order valence-electron chi connectivity index (χ3n) is 3.58. The number of nitrogens with one attached hydrogen (secondary N) is 1. The molecule has 0 aromatic carbocycles. The lowest BCUT2D eigenvalue weighted by Gasteiger charge is -2.01. The van der Waals surface area contributed by atoms with E-state index in [0.717, 1.165) is 39.7 Å². The van der Waals surface area contributed by atoms with Crippen LogP contribution in [0.5, 0.6) is 0 Å². The summed E-state index contributed by atoms with van der Waals surface area (Å²) in [5, 5.41) is 5.85. The van der Waals surface area contributed by atoms with Crippen molar-refractivity contribution in [1.82, 2.24) is 15.3 Å². The van der Waals surface area contributed by atoms with Crippen LogP contribution in [-0.4, -0.2) is 15.9 Å². The van der Waals surface area contributed by atoms with Crippen LogP contribution in [0.25, 0.3) is 10.6 Å². The normalized spacial score (nSPS) is 10.8. The minimum absolute atomic E-state index is 0.0625. The molecule has 0 fully saturated rings. The van der Waals surface area contributed by atoms with Crippen LogP contribution >= 0.6 is 22.7 Å². The minimum Gasteiger partial charge on any atom is -0.346 e. The first-order valence-electron chi connectivity index (χ1n) is 7.90. The molecule has 3 heterocycles. The number of carbonyl (C=O) groups is 1. The van der Waals surface area contributed by atoms with E-state index in [-0.39, 0.29) is 5.91 Å². The first-order valence-corrected chi connectivity index (χ1v) is 9.60. The van der Waals surface area contributed by atoms with E-state index >= 15 is 0 Å². The molecule has 0 atom stereocenters. The van der Waals surface area contributed by atoms with Crippen LogP contribution in [0, 0.1) is 6.92 Å². The number of nitrogens with zero attached hydrogens (tertiary/aromatic N) is 2. The van der Waals surface area contributed by atoms with Gasteiger partial charge in [0.15, 0.2) is 0 Å². The Bertz CT molecular complexity index is 825. The second-order valence-corrected chi connectivity index (χ2v) is 7.51. The molecular formula is C18H19N3OS2. The SMILES string of the molecule is CCCc1cc(-c2nc(C)c(C(=O)NCc3cccs3)s2)ccn1. The van der Waals surface area contributed by atoms with E-state index in [4.69, 9.17) is 0 Å². The quantitative estimate of drug-likeness (QED) is 0.709. The summed E-state index contributed by atoms with van der Waals surface area (Å²) >= 11 is 3.08. The van der Waals surface area contributed by atoms with Crippen LogP contribution in [0.2, 0.25) is 0 Å². The Balaban J connectivity index is 1.77. The van der Waals surface area contributed by atoms with Crippen molar-refractivity contribution in [1.29, 1.82) is 0 Å². The summed E-state index contributed by atoms with van der Waals surface area (Å²) in [7, 11) is 0. The zero-order valence-corrected chi connectivity index (χ0v) is 15.3. The smallest absolute Gasteiger partial charge is 0.263 e. The van der Waals surface area contributed by atoms with E-state index in [1.54, 1.807) is 11.3 Å². The lowest BCUT2D eigenvalue weighted by atomic mass is 10.2. The van der Waals surface area contributed by atoms with Crippen molar-refractivity contribution in [2.75, 3.05) is 0 Å². The fraction of sp³-hybridized carbons (Fsp3) is 0.278. The van der Waals surface area contributed by atoms with Crippen LogP contribution in [0.4, 0.5) is 0 Å². The summed E-state index contributed by atoms with van der Waals surface area (Å²) in [6, 6.07) is 8.02. The van der Waals surface area contributed by atoms with Gasteiger partial charge in [-0.05, 0) is 36.9 Å². The summed E-state index contributed by atoms with van der Waals surface area (Å²) in [5.74, 6) is -0.0625. The van der Waals surface area contributed by atoms with Crippen LogP contribution in [0.1, 0.15) is 39.3 Å². The lowest BCUT2D eigenvalue weighted by molar-refractivity contribution is 0.0954. The molecule has 0 bridgehead atoms. The molecule has 3 aromatic heterocycles. The topological polar surface area (TPSA) is 54.9 Å². The summed E-state index contributed by atoms with van der Waals surface area (Å²) in [6.07, 6.45) is 3.82. The van der Waals surface area contributed by atoms with Crippen LogP contribution in [0.15, 0.2) is 35.8 Å². The fourth-order valence-corrected chi connectivity index (χ4v) is 4.02. The molecule has 0 aliphatic rings. The summed E-state index contributed by atoms with van der Waals surface area (Å²) in [4.78, 5) is 23.2. The second-order valence-electron chi connectivity index (χ2n) is 5.48. The highest BCUT2D eigenvalue weighted by atomic mass is 32.1. The van der Waals surface area contributed by atoms with Gasteiger partial charge in [-0.25, -0.2) is 4.98 Å². The highest BCUT2D eigenvalue weighted by Gasteiger charge is 2.16. The maximum absolute atomic E-state index is 12.4. The number of pyridine rings is 1. The van der Waals surface area contributed by atoms with Gasteiger partial charge in [0.2, 0.25) is 0 Å². The number of aryl methyl sites for hydroxylation is 2. The number of hydrogen-bond acceptors (Lipinski definition) is 5. The number of hydrogen-bond donors (Lipinski definition) is 1. The molecule has 1 N–H and O–H groups in total. The Labute approximate surface area is 149 Å². The molecule has 4 nitrogen and oxygen atoms in total. The third-order valence-corrected chi connectivity index (χ3v) is 5.66. The van der Waals surface area contributed by atoms with E-state index in [1.807, 2.05) is 36.7 Å². The molecule has 3 aromatic rings. The van der Waals surface area contributed by atoms with Gasteiger partial charge in [0.05, 0.1) is 12.2 Å². The molecule has 24 heavy (non-hydrogen) atoms. The van der Waals surface area contributed by atoms with Crippen LogP contribution in [-0.2, 0) is 13.0 Å². The molecule has 0 aliphatic carbocycles. The van der Waals surface area contributed by atoms with Crippen LogP contribution < -0.4 is 5.32 Å². The Morgan fingerprint density at radius 1 is 1.33 bits per heavy atom. The van der Waals surface area contributed by atoms with Gasteiger partial charge in [-0.15, -0.1) is 22.7 Å². The maximum Gasteiger partial charge on any atom is 0.263 e. The van der Waals surface area contributed by atoms with Gasteiger partial charge < -0.3 is 5.32 Å². The van der Waals surface area contributed by atoms with Gasteiger partial charge in [-0.3, -0.25) is 9.78 Å². The standard InChI is InChI=1S/C18H19N3OS2/c1-3-5-14-10-13(7-8-19-14)18-21-12(2)16(24-18)17(22)20-11-15-6-4-9-23-15/h4,6-10H,3,5,11H2,1-2H3,(H,20,22). The van der Waals surface area contributed by atoms with Gasteiger partial charge >= 0.3 is 0 Å².